The lowest BCUT2D eigenvalue weighted by atomic mass is 10.0. The van der Waals surface area contributed by atoms with Crippen molar-refractivity contribution in [1.82, 2.24) is 5.43 Å². The van der Waals surface area contributed by atoms with Crippen LogP contribution < -0.4 is 10.2 Å². The Labute approximate surface area is 165 Å². The van der Waals surface area contributed by atoms with Gasteiger partial charge in [-0.25, -0.2) is 5.43 Å². The van der Waals surface area contributed by atoms with Crippen LogP contribution in [0.2, 0.25) is 0 Å². The van der Waals surface area contributed by atoms with E-state index in [2.05, 4.69) is 10.5 Å². The zero-order valence-electron chi connectivity index (χ0n) is 15.6. The molecule has 8 heteroatoms. The summed E-state index contributed by atoms with van der Waals surface area (Å²) in [7, 11) is 0. The third kappa shape index (κ3) is 3.36. The first-order valence-corrected chi connectivity index (χ1v) is 8.77. The average molecular weight is 394 g/mol. The van der Waals surface area contributed by atoms with E-state index in [4.69, 9.17) is 9.15 Å². The van der Waals surface area contributed by atoms with E-state index in [1.807, 2.05) is 38.1 Å². The van der Waals surface area contributed by atoms with Crippen LogP contribution in [-0.2, 0) is 0 Å². The van der Waals surface area contributed by atoms with Crippen LogP contribution in [0.1, 0.15) is 35.5 Å². The van der Waals surface area contributed by atoms with Gasteiger partial charge in [0, 0.05) is 10.9 Å². The number of ether oxygens (including phenoxy) is 1. The lowest BCUT2D eigenvalue weighted by Crippen LogP contribution is -2.27. The summed E-state index contributed by atoms with van der Waals surface area (Å²) in [4.78, 5) is 12.4. The zero-order valence-corrected chi connectivity index (χ0v) is 15.6. The summed E-state index contributed by atoms with van der Waals surface area (Å²) < 4.78 is 11.6. The monoisotopic (exact) mass is 394 g/mol. The maximum absolute atomic E-state index is 12.4. The number of furan rings is 1. The van der Waals surface area contributed by atoms with Crippen molar-refractivity contribution in [2.45, 2.75) is 19.4 Å². The summed E-state index contributed by atoms with van der Waals surface area (Å²) >= 11 is 0. The molecule has 148 valence electrons. The second kappa shape index (κ2) is 6.59. The number of hydrogen-bond acceptors (Lipinski definition) is 7. The largest absolute Gasteiger partial charge is 0.504 e. The highest BCUT2D eigenvalue weighted by Crippen LogP contribution is 2.37. The van der Waals surface area contributed by atoms with Gasteiger partial charge in [0.2, 0.25) is 5.75 Å². The normalized spacial score (nSPS) is 14.7. The van der Waals surface area contributed by atoms with Gasteiger partial charge >= 0.3 is 5.91 Å². The third-order valence-corrected chi connectivity index (χ3v) is 4.46. The molecule has 1 aromatic heterocycles. The van der Waals surface area contributed by atoms with Crippen molar-refractivity contribution in [3.05, 3.63) is 53.3 Å². The Morgan fingerprint density at radius 3 is 2.72 bits per heavy atom. The minimum absolute atomic E-state index is 0.0570. The third-order valence-electron chi connectivity index (χ3n) is 4.46. The smallest absolute Gasteiger partial charge is 0.307 e. The quantitative estimate of drug-likeness (QED) is 0.306. The maximum Gasteiger partial charge on any atom is 0.307 e. The van der Waals surface area contributed by atoms with Crippen LogP contribution in [0.15, 0.2) is 45.9 Å². The molecular weight excluding hydrogens is 376 g/mol. The van der Waals surface area contributed by atoms with E-state index >= 15 is 0 Å². The number of amides is 1. The predicted molar refractivity (Wildman–Crippen MR) is 106 cm³/mol. The van der Waals surface area contributed by atoms with E-state index in [1.54, 1.807) is 6.07 Å². The number of phenols is 3. The molecule has 1 amide bonds. The molecule has 29 heavy (non-hydrogen) atoms. The second-order valence-corrected chi connectivity index (χ2v) is 7.12. The number of benzene rings is 2. The Morgan fingerprint density at radius 2 is 1.93 bits per heavy atom. The molecule has 1 aliphatic heterocycles. The van der Waals surface area contributed by atoms with Crippen LogP contribution in [0, 0.1) is 0 Å². The number of fused-ring (bicyclic) bond motifs is 3. The van der Waals surface area contributed by atoms with Gasteiger partial charge in [0.15, 0.2) is 17.3 Å². The molecule has 0 aliphatic carbocycles. The molecule has 0 radical (unpaired) electrons. The highest BCUT2D eigenvalue weighted by atomic mass is 16.5. The fraction of sp³-hybridized carbons (Fsp3) is 0.143. The number of nitrogens with one attached hydrogen (secondary N) is 1. The van der Waals surface area contributed by atoms with Gasteiger partial charge in [-0.3, -0.25) is 4.79 Å². The molecule has 4 N–H and O–H groups in total. The van der Waals surface area contributed by atoms with E-state index < -0.39 is 28.8 Å². The number of nitrogens with zero attached hydrogens (tertiary/aromatic N) is 1. The van der Waals surface area contributed by atoms with Crippen molar-refractivity contribution < 1.29 is 29.3 Å². The van der Waals surface area contributed by atoms with Crippen molar-refractivity contribution in [3.63, 3.8) is 0 Å². The number of phenolic OH excluding ortho intramolecular Hbond substituents is 3. The molecule has 3 aromatic rings. The van der Waals surface area contributed by atoms with Crippen LogP contribution in [0.25, 0.3) is 17.0 Å². The Bertz CT molecular complexity index is 1190. The van der Waals surface area contributed by atoms with Gasteiger partial charge in [0.1, 0.15) is 16.9 Å². The molecule has 0 atom stereocenters. The maximum atomic E-state index is 12.4. The number of hydrogen-bond donors (Lipinski definition) is 4. The minimum Gasteiger partial charge on any atom is -0.504 e. The standard InChI is InChI=1S/C21H18N2O6/c1-21(2)8-7-13-15(29-21)6-4-11-9-16(28-19(11)13)20(27)23-22-10-12-3-5-14(24)18(26)17(12)25/h3-10,24-26H,1-2H3,(H,23,27)/b22-10+. The first kappa shape index (κ1) is 18.4. The van der Waals surface area contributed by atoms with Gasteiger partial charge < -0.3 is 24.5 Å². The summed E-state index contributed by atoms with van der Waals surface area (Å²) in [6.07, 6.45) is 4.96. The van der Waals surface area contributed by atoms with Crippen LogP contribution in [0.3, 0.4) is 0 Å². The second-order valence-electron chi connectivity index (χ2n) is 7.12. The van der Waals surface area contributed by atoms with E-state index in [1.165, 1.54) is 12.1 Å². The lowest BCUT2D eigenvalue weighted by molar-refractivity contribution is 0.0929. The number of carbonyl (C=O) groups excluding carboxylic acids is 1. The summed E-state index contributed by atoms with van der Waals surface area (Å²) in [6.45, 7) is 3.89. The van der Waals surface area contributed by atoms with E-state index in [0.29, 0.717) is 11.3 Å². The van der Waals surface area contributed by atoms with Gasteiger partial charge in [0.25, 0.3) is 0 Å². The Kier molecular flexibility index (Phi) is 4.19. The minimum atomic E-state index is -0.666. The molecule has 0 spiro atoms. The molecule has 0 bridgehead atoms. The molecule has 0 saturated carbocycles. The average Bonchev–Trinajstić information content (AvgIpc) is 3.11. The fourth-order valence-corrected chi connectivity index (χ4v) is 2.97. The number of aromatic hydroxyl groups is 3. The van der Waals surface area contributed by atoms with Gasteiger partial charge in [-0.2, -0.15) is 5.10 Å². The van der Waals surface area contributed by atoms with E-state index in [-0.39, 0.29) is 11.3 Å². The summed E-state index contributed by atoms with van der Waals surface area (Å²) in [5.41, 5.74) is 3.28. The lowest BCUT2D eigenvalue weighted by Gasteiger charge is -2.27. The SMILES string of the molecule is CC1(C)C=Cc2c(ccc3cc(C(=O)N/N=C/c4ccc(O)c(O)c4O)oc23)O1. The summed E-state index contributed by atoms with van der Waals surface area (Å²) in [6, 6.07) is 7.76. The van der Waals surface area contributed by atoms with Gasteiger partial charge in [-0.1, -0.05) is 0 Å². The molecule has 8 nitrogen and oxygen atoms in total. The van der Waals surface area contributed by atoms with Crippen molar-refractivity contribution in [2.24, 2.45) is 5.10 Å². The van der Waals surface area contributed by atoms with Crippen molar-refractivity contribution in [2.75, 3.05) is 0 Å². The van der Waals surface area contributed by atoms with Crippen LogP contribution in [0.4, 0.5) is 0 Å². The Hall–Kier alpha value is -3.94. The van der Waals surface area contributed by atoms with Gasteiger partial charge in [-0.15, -0.1) is 0 Å². The van der Waals surface area contributed by atoms with Crippen molar-refractivity contribution >= 4 is 29.2 Å². The Morgan fingerprint density at radius 1 is 1.14 bits per heavy atom. The fourth-order valence-electron chi connectivity index (χ4n) is 2.97. The predicted octanol–water partition coefficient (Wildman–Crippen LogP) is 3.50. The highest BCUT2D eigenvalue weighted by molar-refractivity contribution is 5.99. The number of carbonyl (C=O) groups is 1. The van der Waals surface area contributed by atoms with E-state index in [9.17, 15) is 20.1 Å². The van der Waals surface area contributed by atoms with Crippen LogP contribution in [-0.4, -0.2) is 33.0 Å². The van der Waals surface area contributed by atoms with Crippen molar-refractivity contribution in [3.8, 4) is 23.0 Å². The molecule has 0 fully saturated rings. The molecular formula is C21H18N2O6. The van der Waals surface area contributed by atoms with Gasteiger partial charge in [0.05, 0.1) is 11.8 Å². The number of rotatable bonds is 3. The summed E-state index contributed by atoms with van der Waals surface area (Å²) in [5, 5.41) is 33.1. The summed E-state index contributed by atoms with van der Waals surface area (Å²) in [5.74, 6) is -1.53. The topological polar surface area (TPSA) is 125 Å². The Balaban J connectivity index is 1.56. The first-order chi connectivity index (χ1) is 13.7. The van der Waals surface area contributed by atoms with Crippen molar-refractivity contribution in [1.29, 1.82) is 0 Å². The molecule has 2 heterocycles. The molecule has 4 rings (SSSR count). The molecule has 0 saturated heterocycles. The highest BCUT2D eigenvalue weighted by Gasteiger charge is 2.24. The first-order valence-electron chi connectivity index (χ1n) is 8.77. The van der Waals surface area contributed by atoms with Crippen LogP contribution >= 0.6 is 0 Å². The van der Waals surface area contributed by atoms with Gasteiger partial charge in [-0.05, 0) is 56.3 Å². The molecule has 1 aliphatic rings. The van der Waals surface area contributed by atoms with E-state index in [0.717, 1.165) is 17.2 Å². The molecule has 2 aromatic carbocycles. The zero-order chi connectivity index (χ0) is 20.8. The van der Waals surface area contributed by atoms with Crippen LogP contribution in [0.5, 0.6) is 23.0 Å². The molecule has 0 unspecified atom stereocenters. The number of hydrazone groups is 1.